The number of hydrogen-bond acceptors (Lipinski definition) is 5. The van der Waals surface area contributed by atoms with Crippen molar-refractivity contribution >= 4 is 5.91 Å². The maximum Gasteiger partial charge on any atom is 0.236 e. The average molecular weight is 400 g/mol. The van der Waals surface area contributed by atoms with Crippen LogP contribution in [0.2, 0.25) is 0 Å². The van der Waals surface area contributed by atoms with E-state index in [1.54, 1.807) is 7.11 Å². The molecule has 3 rings (SSSR count). The highest BCUT2D eigenvalue weighted by Crippen LogP contribution is 2.41. The quantitative estimate of drug-likeness (QED) is 0.749. The maximum atomic E-state index is 12.7. The van der Waals surface area contributed by atoms with Crippen molar-refractivity contribution in [1.82, 2.24) is 14.7 Å². The Labute approximate surface area is 174 Å². The third-order valence-electron chi connectivity index (χ3n) is 5.92. The number of likely N-dealkylation sites (N-methyl/N-ethyl adjacent to an activating group) is 1. The summed E-state index contributed by atoms with van der Waals surface area (Å²) in [6, 6.07) is 8.68. The molecule has 158 valence electrons. The Morgan fingerprint density at radius 3 is 2.62 bits per heavy atom. The summed E-state index contributed by atoms with van der Waals surface area (Å²) in [7, 11) is 5.50. The third-order valence-corrected chi connectivity index (χ3v) is 5.92. The summed E-state index contributed by atoms with van der Waals surface area (Å²) in [6.45, 7) is 3.54. The number of aliphatic hydroxyl groups is 1. The van der Waals surface area contributed by atoms with Crippen LogP contribution in [0.3, 0.4) is 0 Å². The molecule has 0 saturated carbocycles. The summed E-state index contributed by atoms with van der Waals surface area (Å²) in [4.78, 5) is 19.0. The van der Waals surface area contributed by atoms with Gasteiger partial charge in [0.1, 0.15) is 6.61 Å². The number of amides is 1. The SMILES string of the molecule is COCC#Cc1ccc([C@H]2[C@@H](CO)N3CCCCN(C(=O)CN(C)C)C[C@H]23)cc1. The number of aliphatic hydroxyl groups excluding tert-OH is 1. The van der Waals surface area contributed by atoms with Gasteiger partial charge in [-0.3, -0.25) is 9.69 Å². The summed E-state index contributed by atoms with van der Waals surface area (Å²) in [5.41, 5.74) is 2.17. The lowest BCUT2D eigenvalue weighted by Gasteiger charge is -2.57. The first-order valence-electron chi connectivity index (χ1n) is 10.4. The summed E-state index contributed by atoms with van der Waals surface area (Å²) >= 11 is 0. The Hall–Kier alpha value is -1.91. The van der Waals surface area contributed by atoms with Crippen molar-refractivity contribution in [2.45, 2.75) is 30.8 Å². The van der Waals surface area contributed by atoms with Crippen LogP contribution < -0.4 is 0 Å². The molecule has 2 heterocycles. The molecule has 0 aliphatic carbocycles. The average Bonchev–Trinajstić information content (AvgIpc) is 2.67. The molecular weight excluding hydrogens is 366 g/mol. The van der Waals surface area contributed by atoms with Crippen molar-refractivity contribution in [2.24, 2.45) is 0 Å². The molecule has 2 aliphatic heterocycles. The van der Waals surface area contributed by atoms with Crippen LogP contribution in [0.25, 0.3) is 0 Å². The summed E-state index contributed by atoms with van der Waals surface area (Å²) in [6.07, 6.45) is 2.07. The topological polar surface area (TPSA) is 56.3 Å². The van der Waals surface area contributed by atoms with Gasteiger partial charge in [0, 0.05) is 43.8 Å². The molecule has 1 amide bonds. The zero-order valence-corrected chi connectivity index (χ0v) is 17.8. The number of hydrogen-bond donors (Lipinski definition) is 1. The molecular formula is C23H33N3O3. The Balaban J connectivity index is 1.77. The number of nitrogens with zero attached hydrogens (tertiary/aromatic N) is 3. The molecule has 1 N–H and O–H groups in total. The molecule has 1 aromatic rings. The van der Waals surface area contributed by atoms with Crippen LogP contribution in [0, 0.1) is 11.8 Å². The van der Waals surface area contributed by atoms with Gasteiger partial charge in [-0.1, -0.05) is 24.0 Å². The standard InChI is InChI=1S/C23H33N3O3/c1-24(2)16-22(28)25-12-4-5-13-26-20(15-25)23(21(26)17-27)19-10-8-18(9-11-19)7-6-14-29-3/h8-11,20-21,23,27H,4-5,12-17H2,1-3H3/t20-,21-,23-/m1/s1. The van der Waals surface area contributed by atoms with Crippen molar-refractivity contribution in [3.05, 3.63) is 35.4 Å². The smallest absolute Gasteiger partial charge is 0.236 e. The van der Waals surface area contributed by atoms with Gasteiger partial charge in [0.2, 0.25) is 5.91 Å². The molecule has 0 bridgehead atoms. The van der Waals surface area contributed by atoms with E-state index in [9.17, 15) is 9.90 Å². The molecule has 2 aliphatic rings. The highest BCUT2D eigenvalue weighted by molar-refractivity contribution is 5.78. The second-order valence-electron chi connectivity index (χ2n) is 8.22. The minimum Gasteiger partial charge on any atom is -0.395 e. The lowest BCUT2D eigenvalue weighted by molar-refractivity contribution is -0.137. The van der Waals surface area contributed by atoms with Crippen molar-refractivity contribution in [1.29, 1.82) is 0 Å². The fourth-order valence-electron chi connectivity index (χ4n) is 4.54. The zero-order chi connectivity index (χ0) is 20.8. The Bertz CT molecular complexity index is 738. The Morgan fingerprint density at radius 1 is 1.24 bits per heavy atom. The zero-order valence-electron chi connectivity index (χ0n) is 17.8. The van der Waals surface area contributed by atoms with E-state index in [0.29, 0.717) is 13.2 Å². The predicted molar refractivity (Wildman–Crippen MR) is 114 cm³/mol. The molecule has 1 aromatic carbocycles. The van der Waals surface area contributed by atoms with Gasteiger partial charge >= 0.3 is 0 Å². The largest absolute Gasteiger partial charge is 0.395 e. The van der Waals surface area contributed by atoms with E-state index in [1.165, 1.54) is 5.56 Å². The van der Waals surface area contributed by atoms with Crippen LogP contribution in [-0.2, 0) is 9.53 Å². The van der Waals surface area contributed by atoms with Crippen molar-refractivity contribution in [3.63, 3.8) is 0 Å². The van der Waals surface area contributed by atoms with Gasteiger partial charge < -0.3 is 19.6 Å². The van der Waals surface area contributed by atoms with E-state index in [-0.39, 0.29) is 30.5 Å². The second kappa shape index (κ2) is 10.2. The Kier molecular flexibility index (Phi) is 7.68. The highest BCUT2D eigenvalue weighted by Gasteiger charge is 2.49. The number of carbonyl (C=O) groups is 1. The first kappa shape index (κ1) is 21.8. The number of carbonyl (C=O) groups excluding carboxylic acids is 1. The number of fused-ring (bicyclic) bond motifs is 1. The summed E-state index contributed by atoms with van der Waals surface area (Å²) in [5.74, 6) is 6.49. The van der Waals surface area contributed by atoms with E-state index < -0.39 is 0 Å². The lowest BCUT2D eigenvalue weighted by Crippen LogP contribution is -2.68. The molecule has 6 nitrogen and oxygen atoms in total. The van der Waals surface area contributed by atoms with Crippen LogP contribution in [0.1, 0.15) is 29.9 Å². The Morgan fingerprint density at radius 2 is 1.97 bits per heavy atom. The molecule has 0 aromatic heterocycles. The molecule has 29 heavy (non-hydrogen) atoms. The minimum atomic E-state index is 0.120. The van der Waals surface area contributed by atoms with Gasteiger partial charge in [0.15, 0.2) is 0 Å². The number of methoxy groups -OCH3 is 1. The third kappa shape index (κ3) is 5.18. The van der Waals surface area contributed by atoms with Gasteiger partial charge in [-0.2, -0.15) is 0 Å². The van der Waals surface area contributed by atoms with Crippen LogP contribution in [0.4, 0.5) is 0 Å². The lowest BCUT2D eigenvalue weighted by atomic mass is 9.74. The van der Waals surface area contributed by atoms with Crippen LogP contribution >= 0.6 is 0 Å². The predicted octanol–water partition coefficient (Wildman–Crippen LogP) is 0.997. The van der Waals surface area contributed by atoms with Gasteiger partial charge in [-0.15, -0.1) is 0 Å². The normalized spacial score (nSPS) is 24.7. The monoisotopic (exact) mass is 399 g/mol. The highest BCUT2D eigenvalue weighted by atomic mass is 16.5. The summed E-state index contributed by atoms with van der Waals surface area (Å²) in [5, 5.41) is 10.0. The van der Waals surface area contributed by atoms with E-state index >= 15 is 0 Å². The van der Waals surface area contributed by atoms with Crippen molar-refractivity contribution in [3.8, 4) is 11.8 Å². The van der Waals surface area contributed by atoms with E-state index in [1.807, 2.05) is 36.0 Å². The van der Waals surface area contributed by atoms with E-state index in [0.717, 1.165) is 38.0 Å². The van der Waals surface area contributed by atoms with Crippen molar-refractivity contribution in [2.75, 3.05) is 60.6 Å². The molecule has 0 radical (unpaired) electrons. The first-order chi connectivity index (χ1) is 14.0. The number of benzene rings is 1. The van der Waals surface area contributed by atoms with Gasteiger partial charge in [-0.25, -0.2) is 0 Å². The molecule has 6 heteroatoms. The van der Waals surface area contributed by atoms with Gasteiger partial charge in [-0.05, 0) is 51.2 Å². The number of rotatable bonds is 5. The molecule has 2 saturated heterocycles. The van der Waals surface area contributed by atoms with E-state index in [4.69, 9.17) is 4.74 Å². The van der Waals surface area contributed by atoms with Crippen LogP contribution in [0.5, 0.6) is 0 Å². The van der Waals surface area contributed by atoms with Crippen LogP contribution in [0.15, 0.2) is 24.3 Å². The molecule has 2 fully saturated rings. The van der Waals surface area contributed by atoms with Gasteiger partial charge in [0.05, 0.1) is 13.2 Å². The van der Waals surface area contributed by atoms with Crippen LogP contribution in [-0.4, -0.2) is 98.4 Å². The van der Waals surface area contributed by atoms with E-state index in [2.05, 4.69) is 28.9 Å². The second-order valence-corrected chi connectivity index (χ2v) is 8.22. The maximum absolute atomic E-state index is 12.7. The molecule has 0 unspecified atom stereocenters. The first-order valence-corrected chi connectivity index (χ1v) is 10.4. The number of ether oxygens (including phenoxy) is 1. The fourth-order valence-corrected chi connectivity index (χ4v) is 4.54. The summed E-state index contributed by atoms with van der Waals surface area (Å²) < 4.78 is 4.97. The molecule has 3 atom stereocenters. The van der Waals surface area contributed by atoms with Gasteiger partial charge in [0.25, 0.3) is 0 Å². The van der Waals surface area contributed by atoms with Crippen molar-refractivity contribution < 1.29 is 14.6 Å². The molecule has 0 spiro atoms. The fraction of sp³-hybridized carbons (Fsp3) is 0.609. The minimum absolute atomic E-state index is 0.120.